The quantitative estimate of drug-likeness (QED) is 0.809. The van der Waals surface area contributed by atoms with E-state index in [1.807, 2.05) is 5.38 Å². The Labute approximate surface area is 119 Å². The fourth-order valence-electron chi connectivity index (χ4n) is 2.10. The maximum absolute atomic E-state index is 12.9. The Morgan fingerprint density at radius 2 is 2.15 bits per heavy atom. The molecule has 5 nitrogen and oxygen atoms in total. The highest BCUT2D eigenvalue weighted by molar-refractivity contribution is 7.07. The molecule has 0 saturated carbocycles. The van der Waals surface area contributed by atoms with Gasteiger partial charge in [0.2, 0.25) is 0 Å². The van der Waals surface area contributed by atoms with Crippen molar-refractivity contribution in [2.24, 2.45) is 4.99 Å². The molecule has 1 fully saturated rings. The molecule has 2 aromatic rings. The Kier molecular flexibility index (Phi) is 3.60. The smallest absolute Gasteiger partial charge is 0.323 e. The molecule has 104 valence electrons. The summed E-state index contributed by atoms with van der Waals surface area (Å²) >= 11 is 1.35. The van der Waals surface area contributed by atoms with Crippen LogP contribution in [0.15, 0.2) is 34.9 Å². The molecule has 3 rings (SSSR count). The molecule has 2 aromatic heterocycles. The number of pyridine rings is 1. The highest BCUT2D eigenvalue weighted by Crippen LogP contribution is 2.09. The monoisotopic (exact) mass is 292 g/mol. The van der Waals surface area contributed by atoms with Gasteiger partial charge in [-0.2, -0.15) is 4.99 Å². The molecule has 0 radical (unpaired) electrons. The van der Waals surface area contributed by atoms with E-state index < -0.39 is 5.82 Å². The lowest BCUT2D eigenvalue weighted by Gasteiger charge is -2.10. The topological polar surface area (TPSA) is 50.5 Å². The molecule has 0 spiro atoms. The Bertz CT molecular complexity index is 670. The Balaban J connectivity index is 1.93. The molecule has 0 aliphatic carbocycles. The molecular weight excluding hydrogens is 279 g/mol. The van der Waals surface area contributed by atoms with E-state index in [4.69, 9.17) is 0 Å². The first-order valence-electron chi connectivity index (χ1n) is 6.36. The Morgan fingerprint density at radius 3 is 2.85 bits per heavy atom. The lowest BCUT2D eigenvalue weighted by atomic mass is 10.4. The van der Waals surface area contributed by atoms with Crippen LogP contribution >= 0.6 is 11.3 Å². The molecule has 0 aromatic carbocycles. The van der Waals surface area contributed by atoms with E-state index >= 15 is 0 Å². The lowest BCUT2D eigenvalue weighted by Crippen LogP contribution is -2.27. The molecule has 0 unspecified atom stereocenters. The second-order valence-electron chi connectivity index (χ2n) is 4.48. The van der Waals surface area contributed by atoms with Crippen LogP contribution in [0.3, 0.4) is 0 Å². The van der Waals surface area contributed by atoms with E-state index in [0.717, 1.165) is 32.1 Å². The van der Waals surface area contributed by atoms with Crippen molar-refractivity contribution in [2.45, 2.75) is 12.8 Å². The summed E-state index contributed by atoms with van der Waals surface area (Å²) in [6, 6.07) is 2.67. The van der Waals surface area contributed by atoms with E-state index in [1.165, 1.54) is 17.4 Å². The van der Waals surface area contributed by atoms with Crippen LogP contribution in [-0.4, -0.2) is 33.6 Å². The maximum atomic E-state index is 12.9. The molecule has 1 aliphatic heterocycles. The van der Waals surface area contributed by atoms with Crippen LogP contribution < -0.4 is 4.80 Å². The SMILES string of the molecule is O=C(N=c1sccn1-c1ccc(F)cn1)N1CCCC1. The molecule has 1 aliphatic rings. The third kappa shape index (κ3) is 2.62. The molecule has 1 saturated heterocycles. The van der Waals surface area contributed by atoms with E-state index in [-0.39, 0.29) is 6.03 Å². The normalized spacial score (nSPS) is 15.8. The second-order valence-corrected chi connectivity index (χ2v) is 5.35. The number of thiazole rings is 1. The lowest BCUT2D eigenvalue weighted by molar-refractivity contribution is 0.218. The van der Waals surface area contributed by atoms with Crippen molar-refractivity contribution >= 4 is 17.4 Å². The number of amides is 2. The number of aromatic nitrogens is 2. The van der Waals surface area contributed by atoms with Crippen LogP contribution in [0, 0.1) is 5.82 Å². The minimum Gasteiger partial charge on any atom is -0.323 e. The van der Waals surface area contributed by atoms with Crippen molar-refractivity contribution in [3.05, 3.63) is 40.5 Å². The van der Waals surface area contributed by atoms with Gasteiger partial charge in [-0.3, -0.25) is 4.57 Å². The summed E-state index contributed by atoms with van der Waals surface area (Å²) in [5.41, 5.74) is 0. The van der Waals surface area contributed by atoms with Crippen LogP contribution in [0.2, 0.25) is 0 Å². The van der Waals surface area contributed by atoms with Crippen molar-refractivity contribution in [1.82, 2.24) is 14.5 Å². The number of carbonyl (C=O) groups is 1. The number of carbonyl (C=O) groups excluding carboxylic acids is 1. The predicted molar refractivity (Wildman–Crippen MR) is 73.2 cm³/mol. The third-order valence-corrected chi connectivity index (χ3v) is 3.87. The summed E-state index contributed by atoms with van der Waals surface area (Å²) in [5, 5.41) is 1.82. The zero-order valence-electron chi connectivity index (χ0n) is 10.7. The van der Waals surface area contributed by atoms with Gasteiger partial charge in [-0.1, -0.05) is 0 Å². The molecule has 0 atom stereocenters. The number of halogens is 1. The predicted octanol–water partition coefficient (Wildman–Crippen LogP) is 2.19. The molecule has 0 bridgehead atoms. The zero-order valence-corrected chi connectivity index (χ0v) is 11.5. The highest BCUT2D eigenvalue weighted by atomic mass is 32.1. The molecule has 0 N–H and O–H groups in total. The highest BCUT2D eigenvalue weighted by Gasteiger charge is 2.17. The minimum absolute atomic E-state index is 0.221. The van der Waals surface area contributed by atoms with Crippen LogP contribution in [0.5, 0.6) is 0 Å². The van der Waals surface area contributed by atoms with Crippen LogP contribution in [0.1, 0.15) is 12.8 Å². The number of hydrogen-bond acceptors (Lipinski definition) is 3. The zero-order chi connectivity index (χ0) is 13.9. The number of nitrogens with zero attached hydrogens (tertiary/aromatic N) is 4. The molecular formula is C13H13FN4OS. The summed E-state index contributed by atoms with van der Waals surface area (Å²) in [5.74, 6) is 0.150. The van der Waals surface area contributed by atoms with Crippen molar-refractivity contribution in [3.63, 3.8) is 0 Å². The van der Waals surface area contributed by atoms with E-state index in [2.05, 4.69) is 9.98 Å². The van der Waals surface area contributed by atoms with E-state index in [0.29, 0.717) is 10.6 Å². The first-order chi connectivity index (χ1) is 9.74. The van der Waals surface area contributed by atoms with Crippen molar-refractivity contribution in [1.29, 1.82) is 0 Å². The first-order valence-corrected chi connectivity index (χ1v) is 7.24. The van der Waals surface area contributed by atoms with E-state index in [1.54, 1.807) is 21.7 Å². The number of likely N-dealkylation sites (tertiary alicyclic amines) is 1. The fourth-order valence-corrected chi connectivity index (χ4v) is 2.80. The van der Waals surface area contributed by atoms with Gasteiger partial charge in [0.25, 0.3) is 0 Å². The van der Waals surface area contributed by atoms with Gasteiger partial charge in [0.15, 0.2) is 4.80 Å². The van der Waals surface area contributed by atoms with Gasteiger partial charge in [-0.15, -0.1) is 11.3 Å². The van der Waals surface area contributed by atoms with Gasteiger partial charge in [0.1, 0.15) is 11.6 Å². The Morgan fingerprint density at radius 1 is 1.35 bits per heavy atom. The minimum atomic E-state index is -0.392. The molecule has 7 heteroatoms. The van der Waals surface area contributed by atoms with Gasteiger partial charge in [-0.25, -0.2) is 14.2 Å². The fraction of sp³-hybridized carbons (Fsp3) is 0.308. The van der Waals surface area contributed by atoms with Crippen molar-refractivity contribution in [3.8, 4) is 5.82 Å². The summed E-state index contributed by atoms with van der Waals surface area (Å²) in [4.78, 5) is 22.4. The number of rotatable bonds is 1. The van der Waals surface area contributed by atoms with Crippen molar-refractivity contribution < 1.29 is 9.18 Å². The molecule has 20 heavy (non-hydrogen) atoms. The average Bonchev–Trinajstić information content (AvgIpc) is 3.10. The summed E-state index contributed by atoms with van der Waals surface area (Å²) in [6.07, 6.45) is 4.98. The van der Waals surface area contributed by atoms with Crippen LogP contribution in [0.4, 0.5) is 9.18 Å². The molecule has 3 heterocycles. The second kappa shape index (κ2) is 5.54. The number of urea groups is 1. The van der Waals surface area contributed by atoms with E-state index in [9.17, 15) is 9.18 Å². The Hall–Kier alpha value is -2.02. The maximum Gasteiger partial charge on any atom is 0.346 e. The third-order valence-electron chi connectivity index (χ3n) is 3.12. The average molecular weight is 292 g/mol. The van der Waals surface area contributed by atoms with Gasteiger partial charge in [-0.05, 0) is 25.0 Å². The first kappa shape index (κ1) is 13.0. The van der Waals surface area contributed by atoms with Crippen LogP contribution in [-0.2, 0) is 0 Å². The molecule has 2 amide bonds. The van der Waals surface area contributed by atoms with Gasteiger partial charge >= 0.3 is 6.03 Å². The van der Waals surface area contributed by atoms with Crippen LogP contribution in [0.25, 0.3) is 5.82 Å². The van der Waals surface area contributed by atoms with Gasteiger partial charge in [0, 0.05) is 24.7 Å². The van der Waals surface area contributed by atoms with Gasteiger partial charge < -0.3 is 4.90 Å². The largest absolute Gasteiger partial charge is 0.346 e. The summed E-state index contributed by atoms with van der Waals surface area (Å²) in [7, 11) is 0. The van der Waals surface area contributed by atoms with Gasteiger partial charge in [0.05, 0.1) is 6.20 Å². The van der Waals surface area contributed by atoms with Crippen molar-refractivity contribution in [2.75, 3.05) is 13.1 Å². The summed E-state index contributed by atoms with van der Waals surface area (Å²) < 4.78 is 14.6. The standard InChI is InChI=1S/C13H13FN4OS/c14-10-3-4-11(15-9-10)18-7-8-20-13(18)16-12(19)17-5-1-2-6-17/h3-4,7-9H,1-2,5-6H2. The summed E-state index contributed by atoms with van der Waals surface area (Å²) in [6.45, 7) is 1.53. The number of hydrogen-bond donors (Lipinski definition) is 0.